The van der Waals surface area contributed by atoms with Crippen molar-refractivity contribution in [3.05, 3.63) is 82.4 Å². The summed E-state index contributed by atoms with van der Waals surface area (Å²) in [6, 6.07) is 20.0. The Labute approximate surface area is 191 Å². The van der Waals surface area contributed by atoms with E-state index in [-0.39, 0.29) is 11.8 Å². The molecule has 1 aliphatic rings. The zero-order valence-corrected chi connectivity index (χ0v) is 19.1. The molecule has 0 fully saturated rings. The van der Waals surface area contributed by atoms with Crippen molar-refractivity contribution in [3.8, 4) is 11.5 Å². The molecular weight excluding hydrogens is 430 g/mol. The van der Waals surface area contributed by atoms with Crippen LogP contribution in [0.25, 0.3) is 0 Å². The van der Waals surface area contributed by atoms with Gasteiger partial charge in [0.05, 0.1) is 14.2 Å². The smallest absolute Gasteiger partial charge is 0.220 e. The quantitative estimate of drug-likeness (QED) is 0.498. The van der Waals surface area contributed by atoms with Gasteiger partial charge in [0.15, 0.2) is 11.5 Å². The summed E-state index contributed by atoms with van der Waals surface area (Å²) in [5, 5.41) is 3.76. The molecule has 0 unspecified atom stereocenters. The topological polar surface area (TPSA) is 47.6 Å². The monoisotopic (exact) mass is 453 g/mol. The maximum atomic E-state index is 12.8. The van der Waals surface area contributed by atoms with Crippen LogP contribution in [0.15, 0.2) is 70.5 Å². The number of halogens is 1. The van der Waals surface area contributed by atoms with Crippen molar-refractivity contribution in [2.45, 2.75) is 28.6 Å². The fourth-order valence-electron chi connectivity index (χ4n) is 3.89. The van der Waals surface area contributed by atoms with Gasteiger partial charge in [0, 0.05) is 33.7 Å². The van der Waals surface area contributed by atoms with E-state index in [1.54, 1.807) is 26.0 Å². The van der Waals surface area contributed by atoms with E-state index in [1.807, 2.05) is 48.5 Å². The summed E-state index contributed by atoms with van der Waals surface area (Å²) in [6.07, 6.45) is 1.10. The minimum atomic E-state index is -0.00719. The molecule has 6 heteroatoms. The normalized spacial score (nSPS) is 14.4. The van der Waals surface area contributed by atoms with Crippen LogP contribution in [0.4, 0.5) is 0 Å². The number of carbonyl (C=O) groups is 1. The minimum Gasteiger partial charge on any atom is -0.493 e. The molecular formula is C25H24ClNO3S. The van der Waals surface area contributed by atoms with E-state index in [9.17, 15) is 4.79 Å². The van der Waals surface area contributed by atoms with Crippen LogP contribution in [0.1, 0.15) is 29.0 Å². The standard InChI is InChI=1S/C25H24ClNO3S/c1-29-21-9-7-16(13-22(21)30-2)11-12-27-25(28)15-19-18-5-3-4-6-23(18)31-24-10-8-17(26)14-20(19)24/h3-10,13-14,19H,11-12,15H2,1-2H3,(H,27,28)/t19-/m1/s1. The Kier molecular flexibility index (Phi) is 6.73. The summed E-state index contributed by atoms with van der Waals surface area (Å²) in [4.78, 5) is 15.2. The van der Waals surface area contributed by atoms with Crippen molar-refractivity contribution in [1.29, 1.82) is 0 Å². The molecule has 31 heavy (non-hydrogen) atoms. The molecule has 0 radical (unpaired) electrons. The molecule has 4 nitrogen and oxygen atoms in total. The Bertz CT molecular complexity index is 1100. The van der Waals surface area contributed by atoms with Gasteiger partial charge < -0.3 is 14.8 Å². The summed E-state index contributed by atoms with van der Waals surface area (Å²) in [5.41, 5.74) is 3.37. The molecule has 3 aromatic rings. The predicted octanol–water partition coefficient (Wildman–Crippen LogP) is 5.70. The molecule has 160 valence electrons. The number of rotatable bonds is 7. The average molecular weight is 454 g/mol. The Balaban J connectivity index is 1.44. The zero-order chi connectivity index (χ0) is 21.8. The van der Waals surface area contributed by atoms with Crippen LogP contribution < -0.4 is 14.8 Å². The van der Waals surface area contributed by atoms with Gasteiger partial charge in [-0.3, -0.25) is 4.79 Å². The molecule has 0 aromatic heterocycles. The van der Waals surface area contributed by atoms with Crippen LogP contribution in [0.2, 0.25) is 5.02 Å². The third-order valence-electron chi connectivity index (χ3n) is 5.43. The molecule has 1 amide bonds. The number of benzene rings is 3. The fourth-order valence-corrected chi connectivity index (χ4v) is 5.24. The van der Waals surface area contributed by atoms with Crippen LogP contribution in [0.5, 0.6) is 11.5 Å². The SMILES string of the molecule is COc1ccc(CCNC(=O)C[C@@H]2c3ccccc3Sc3ccc(Cl)cc32)cc1OC. The van der Waals surface area contributed by atoms with Crippen molar-refractivity contribution < 1.29 is 14.3 Å². The van der Waals surface area contributed by atoms with Crippen molar-refractivity contribution in [3.63, 3.8) is 0 Å². The van der Waals surface area contributed by atoms with E-state index in [0.29, 0.717) is 35.9 Å². The summed E-state index contributed by atoms with van der Waals surface area (Å²) >= 11 is 8.01. The number of fused-ring (bicyclic) bond motifs is 2. The third kappa shape index (κ3) is 4.83. The first-order valence-electron chi connectivity index (χ1n) is 10.1. The number of methoxy groups -OCH3 is 2. The molecule has 3 aromatic carbocycles. The number of ether oxygens (including phenoxy) is 2. The first-order chi connectivity index (χ1) is 15.1. The molecule has 1 aliphatic heterocycles. The zero-order valence-electron chi connectivity index (χ0n) is 17.5. The summed E-state index contributed by atoms with van der Waals surface area (Å²) in [5.74, 6) is 1.41. The lowest BCUT2D eigenvalue weighted by Crippen LogP contribution is -2.28. The minimum absolute atomic E-state index is 0.00719. The van der Waals surface area contributed by atoms with Crippen molar-refractivity contribution in [2.75, 3.05) is 20.8 Å². The first-order valence-corrected chi connectivity index (χ1v) is 11.3. The highest BCUT2D eigenvalue weighted by atomic mass is 35.5. The van der Waals surface area contributed by atoms with Gasteiger partial charge in [-0.2, -0.15) is 0 Å². The molecule has 1 heterocycles. The van der Waals surface area contributed by atoms with Gasteiger partial charge in [-0.1, -0.05) is 47.6 Å². The van der Waals surface area contributed by atoms with Gasteiger partial charge >= 0.3 is 0 Å². The molecule has 0 bridgehead atoms. The van der Waals surface area contributed by atoms with E-state index >= 15 is 0 Å². The molecule has 0 saturated carbocycles. The van der Waals surface area contributed by atoms with Crippen molar-refractivity contribution in [1.82, 2.24) is 5.32 Å². The van der Waals surface area contributed by atoms with Crippen molar-refractivity contribution >= 4 is 29.3 Å². The lowest BCUT2D eigenvalue weighted by Gasteiger charge is -2.27. The Morgan fingerprint density at radius 2 is 1.74 bits per heavy atom. The van der Waals surface area contributed by atoms with Gasteiger partial charge in [0.25, 0.3) is 0 Å². The average Bonchev–Trinajstić information content (AvgIpc) is 2.79. The van der Waals surface area contributed by atoms with Crippen LogP contribution in [-0.4, -0.2) is 26.7 Å². The summed E-state index contributed by atoms with van der Waals surface area (Å²) in [7, 11) is 3.23. The van der Waals surface area contributed by atoms with Crippen LogP contribution in [-0.2, 0) is 11.2 Å². The van der Waals surface area contributed by atoms with Gasteiger partial charge in [-0.25, -0.2) is 0 Å². The Morgan fingerprint density at radius 3 is 2.55 bits per heavy atom. The third-order valence-corrected chi connectivity index (χ3v) is 6.85. The molecule has 1 N–H and O–H groups in total. The molecule has 1 atom stereocenters. The molecule has 0 saturated heterocycles. The van der Waals surface area contributed by atoms with E-state index in [0.717, 1.165) is 16.0 Å². The van der Waals surface area contributed by atoms with Crippen molar-refractivity contribution in [2.24, 2.45) is 0 Å². The van der Waals surface area contributed by atoms with Gasteiger partial charge in [-0.05, 0) is 59.5 Å². The van der Waals surface area contributed by atoms with E-state index in [2.05, 4.69) is 17.4 Å². The Morgan fingerprint density at radius 1 is 0.968 bits per heavy atom. The van der Waals surface area contributed by atoms with E-state index < -0.39 is 0 Å². The van der Waals surface area contributed by atoms with Crippen LogP contribution in [0.3, 0.4) is 0 Å². The lowest BCUT2D eigenvalue weighted by atomic mass is 9.87. The second-order valence-corrected chi connectivity index (χ2v) is 8.89. The largest absolute Gasteiger partial charge is 0.493 e. The fraction of sp³-hybridized carbons (Fsp3) is 0.240. The number of hydrogen-bond donors (Lipinski definition) is 1. The van der Waals surface area contributed by atoms with E-state index in [4.69, 9.17) is 21.1 Å². The number of carbonyl (C=O) groups excluding carboxylic acids is 1. The maximum Gasteiger partial charge on any atom is 0.220 e. The van der Waals surface area contributed by atoms with E-state index in [1.165, 1.54) is 10.5 Å². The van der Waals surface area contributed by atoms with Gasteiger partial charge in [0.2, 0.25) is 5.91 Å². The molecule has 4 rings (SSSR count). The predicted molar refractivity (Wildman–Crippen MR) is 125 cm³/mol. The molecule has 0 aliphatic carbocycles. The second kappa shape index (κ2) is 9.67. The summed E-state index contributed by atoms with van der Waals surface area (Å²) < 4.78 is 10.6. The lowest BCUT2D eigenvalue weighted by molar-refractivity contribution is -0.121. The van der Waals surface area contributed by atoms with Crippen LogP contribution in [0, 0.1) is 0 Å². The summed E-state index contributed by atoms with van der Waals surface area (Å²) in [6.45, 7) is 0.555. The second-order valence-electron chi connectivity index (χ2n) is 7.37. The highest BCUT2D eigenvalue weighted by molar-refractivity contribution is 7.99. The van der Waals surface area contributed by atoms with Gasteiger partial charge in [-0.15, -0.1) is 0 Å². The number of hydrogen-bond acceptors (Lipinski definition) is 4. The maximum absolute atomic E-state index is 12.8. The highest BCUT2D eigenvalue weighted by Gasteiger charge is 2.28. The molecule has 0 spiro atoms. The van der Waals surface area contributed by atoms with Gasteiger partial charge in [0.1, 0.15) is 0 Å². The van der Waals surface area contributed by atoms with Crippen LogP contribution >= 0.6 is 23.4 Å². The first kappa shape index (κ1) is 21.6. The highest BCUT2D eigenvalue weighted by Crippen LogP contribution is 2.47. The number of nitrogens with one attached hydrogen (secondary N) is 1. The Hall–Kier alpha value is -2.63. The number of amides is 1.